The molecule has 0 fully saturated rings. The van der Waals surface area contributed by atoms with Crippen molar-refractivity contribution in [3.63, 3.8) is 0 Å². The van der Waals surface area contributed by atoms with Crippen molar-refractivity contribution in [1.29, 1.82) is 0 Å². The number of carbonyl (C=O) groups excluding carboxylic acids is 1. The third-order valence-electron chi connectivity index (χ3n) is 2.88. The fourth-order valence-corrected chi connectivity index (χ4v) is 2.72. The van der Waals surface area contributed by atoms with Crippen LogP contribution in [0.3, 0.4) is 0 Å². The fourth-order valence-electron chi connectivity index (χ4n) is 1.83. The third-order valence-corrected chi connectivity index (χ3v) is 3.96. The maximum absolute atomic E-state index is 11.4. The van der Waals surface area contributed by atoms with Gasteiger partial charge in [-0.15, -0.1) is 24.2 Å². The molecule has 0 aliphatic rings. The Kier molecular flexibility index (Phi) is 7.27. The summed E-state index contributed by atoms with van der Waals surface area (Å²) in [5.41, 5.74) is 0.914. The van der Waals surface area contributed by atoms with Crippen LogP contribution < -0.4 is 0 Å². The van der Waals surface area contributed by atoms with Crippen molar-refractivity contribution < 1.29 is 9.53 Å². The number of thiophene rings is 1. The van der Waals surface area contributed by atoms with E-state index in [9.17, 15) is 4.79 Å². The molecular formula is C16H20N2O2S. The molecule has 0 aliphatic carbocycles. The monoisotopic (exact) mass is 304 g/mol. The number of aryl methyl sites for hydroxylation is 1. The average Bonchev–Trinajstić information content (AvgIpc) is 3.17. The molecule has 2 aromatic heterocycles. The van der Waals surface area contributed by atoms with Crippen molar-refractivity contribution in [2.45, 2.75) is 32.7 Å². The summed E-state index contributed by atoms with van der Waals surface area (Å²) in [5, 5.41) is 4.53. The zero-order valence-corrected chi connectivity index (χ0v) is 13.2. The molecule has 0 saturated carbocycles. The Morgan fingerprint density at radius 1 is 1.33 bits per heavy atom. The molecule has 0 saturated heterocycles. The average molecular weight is 304 g/mol. The van der Waals surface area contributed by atoms with Gasteiger partial charge >= 0.3 is 5.97 Å². The van der Waals surface area contributed by atoms with Crippen molar-refractivity contribution >= 4 is 17.3 Å². The Labute approximate surface area is 129 Å². The highest BCUT2D eigenvalue weighted by molar-refractivity contribution is 7.17. The molecule has 0 radical (unpaired) electrons. The molecule has 5 heteroatoms. The van der Waals surface area contributed by atoms with Crippen molar-refractivity contribution in [1.82, 2.24) is 9.78 Å². The van der Waals surface area contributed by atoms with Crippen molar-refractivity contribution in [2.75, 3.05) is 7.11 Å². The second-order valence-corrected chi connectivity index (χ2v) is 5.41. The molecular weight excluding hydrogens is 284 g/mol. The minimum atomic E-state index is -0.293. The quantitative estimate of drug-likeness (QED) is 0.463. The lowest BCUT2D eigenvalue weighted by Crippen LogP contribution is -1.98. The zero-order valence-electron chi connectivity index (χ0n) is 12.4. The van der Waals surface area contributed by atoms with Crippen molar-refractivity contribution in [3.8, 4) is 23.4 Å². The first-order chi connectivity index (χ1) is 10.2. The molecule has 4 nitrogen and oxygen atoms in total. The summed E-state index contributed by atoms with van der Waals surface area (Å²) in [5.74, 6) is -0.293. The number of rotatable bonds is 6. The highest BCUT2D eigenvalue weighted by atomic mass is 32.1. The fraction of sp³-hybridized carbons (Fsp3) is 0.375. The molecule has 0 unspecified atom stereocenters. The summed E-state index contributed by atoms with van der Waals surface area (Å²) in [7, 11) is 1.39. The molecule has 112 valence electrons. The normalized spacial score (nSPS) is 9.71. The summed E-state index contributed by atoms with van der Waals surface area (Å²) in [4.78, 5) is 13.0. The number of nitrogens with zero attached hydrogens (tertiary/aromatic N) is 2. The predicted molar refractivity (Wildman–Crippen MR) is 86.3 cm³/mol. The Morgan fingerprint density at radius 3 is 2.76 bits per heavy atom. The van der Waals surface area contributed by atoms with Crippen LogP contribution in [-0.4, -0.2) is 22.9 Å². The lowest BCUT2D eigenvalue weighted by molar-refractivity contribution is 0.0606. The van der Waals surface area contributed by atoms with E-state index >= 15 is 0 Å². The van der Waals surface area contributed by atoms with Crippen LogP contribution in [0.15, 0.2) is 24.4 Å². The van der Waals surface area contributed by atoms with E-state index in [-0.39, 0.29) is 5.97 Å². The topological polar surface area (TPSA) is 44.1 Å². The molecule has 2 aromatic rings. The van der Waals surface area contributed by atoms with Crippen molar-refractivity contribution in [3.05, 3.63) is 29.3 Å². The number of carbonyl (C=O) groups is 1. The number of ether oxygens (including phenoxy) is 1. The number of esters is 1. The molecule has 0 bridgehead atoms. The molecule has 0 atom stereocenters. The summed E-state index contributed by atoms with van der Waals surface area (Å²) < 4.78 is 6.66. The maximum atomic E-state index is 11.4. The minimum Gasteiger partial charge on any atom is -0.465 e. The van der Waals surface area contributed by atoms with Crippen LogP contribution in [0.5, 0.6) is 0 Å². The van der Waals surface area contributed by atoms with Gasteiger partial charge in [0.15, 0.2) is 0 Å². The van der Waals surface area contributed by atoms with Gasteiger partial charge in [0.2, 0.25) is 0 Å². The molecule has 0 amide bonds. The second-order valence-electron chi connectivity index (χ2n) is 4.33. The highest BCUT2D eigenvalue weighted by Crippen LogP contribution is 2.27. The Hall–Kier alpha value is -2.06. The van der Waals surface area contributed by atoms with Gasteiger partial charge in [0.05, 0.1) is 12.0 Å². The van der Waals surface area contributed by atoms with E-state index in [1.807, 2.05) is 23.0 Å². The first kappa shape index (κ1) is 17.0. The zero-order chi connectivity index (χ0) is 15.7. The van der Waals surface area contributed by atoms with Gasteiger partial charge in [-0.2, -0.15) is 5.10 Å². The standard InChI is InChI=1S/C14H18N2O2S.C2H2/c1-3-4-5-9-16-10-8-11(15-16)12-6-7-13(19-12)14(17)18-2;1-2/h6-8,10H,3-5,9H2,1-2H3;1-2H. The first-order valence-electron chi connectivity index (χ1n) is 6.80. The maximum Gasteiger partial charge on any atom is 0.348 e. The van der Waals surface area contributed by atoms with Crippen LogP contribution in [0, 0.1) is 12.8 Å². The van der Waals surface area contributed by atoms with Gasteiger partial charge in [-0.25, -0.2) is 4.79 Å². The number of hydrogen-bond acceptors (Lipinski definition) is 4. The van der Waals surface area contributed by atoms with Gasteiger partial charge in [-0.05, 0) is 24.6 Å². The van der Waals surface area contributed by atoms with E-state index < -0.39 is 0 Å². The molecule has 21 heavy (non-hydrogen) atoms. The van der Waals surface area contributed by atoms with E-state index in [2.05, 4.69) is 24.9 Å². The van der Waals surface area contributed by atoms with Crippen molar-refractivity contribution in [2.24, 2.45) is 0 Å². The smallest absolute Gasteiger partial charge is 0.348 e. The Bertz CT molecular complexity index is 584. The van der Waals surface area contributed by atoms with Crippen LogP contribution >= 0.6 is 11.3 Å². The van der Waals surface area contributed by atoms with E-state index in [1.54, 1.807) is 6.07 Å². The summed E-state index contributed by atoms with van der Waals surface area (Å²) in [6.45, 7) is 3.14. The largest absolute Gasteiger partial charge is 0.465 e. The predicted octanol–water partition coefficient (Wildman–Crippen LogP) is 3.84. The van der Waals surface area contributed by atoms with Crippen LogP contribution in [0.4, 0.5) is 0 Å². The van der Waals surface area contributed by atoms with Crippen LogP contribution in [-0.2, 0) is 11.3 Å². The first-order valence-corrected chi connectivity index (χ1v) is 7.61. The lowest BCUT2D eigenvalue weighted by Gasteiger charge is -1.99. The van der Waals surface area contributed by atoms with E-state index in [0.29, 0.717) is 4.88 Å². The van der Waals surface area contributed by atoms with E-state index in [4.69, 9.17) is 4.74 Å². The molecule has 0 spiro atoms. The van der Waals surface area contributed by atoms with Crippen LogP contribution in [0.1, 0.15) is 35.9 Å². The molecule has 2 rings (SSSR count). The second kappa shape index (κ2) is 8.98. The number of methoxy groups -OCH3 is 1. The highest BCUT2D eigenvalue weighted by Gasteiger charge is 2.11. The van der Waals surface area contributed by atoms with Gasteiger partial charge in [0.1, 0.15) is 10.6 Å². The lowest BCUT2D eigenvalue weighted by atomic mass is 10.2. The van der Waals surface area contributed by atoms with Gasteiger partial charge in [0, 0.05) is 12.7 Å². The van der Waals surface area contributed by atoms with Gasteiger partial charge < -0.3 is 4.74 Å². The Balaban J connectivity index is 0.00000106. The summed E-state index contributed by atoms with van der Waals surface area (Å²) in [6, 6.07) is 5.68. The SMILES string of the molecule is C#C.CCCCCn1ccc(-c2ccc(C(=O)OC)s2)n1. The third kappa shape index (κ3) is 4.76. The van der Waals surface area contributed by atoms with Gasteiger partial charge in [-0.3, -0.25) is 4.68 Å². The molecule has 0 N–H and O–H groups in total. The number of unbranched alkanes of at least 4 members (excludes halogenated alkanes) is 2. The van der Waals surface area contributed by atoms with E-state index in [1.165, 1.54) is 31.3 Å². The van der Waals surface area contributed by atoms with Gasteiger partial charge in [0.25, 0.3) is 0 Å². The number of hydrogen-bond donors (Lipinski definition) is 0. The summed E-state index contributed by atoms with van der Waals surface area (Å²) in [6.07, 6.45) is 13.6. The molecule has 2 heterocycles. The minimum absolute atomic E-state index is 0.293. The number of aromatic nitrogens is 2. The summed E-state index contributed by atoms with van der Waals surface area (Å²) >= 11 is 1.41. The van der Waals surface area contributed by atoms with Crippen LogP contribution in [0.25, 0.3) is 10.6 Å². The van der Waals surface area contributed by atoms with Gasteiger partial charge in [-0.1, -0.05) is 19.8 Å². The molecule has 0 aromatic carbocycles. The Morgan fingerprint density at radius 2 is 2.10 bits per heavy atom. The van der Waals surface area contributed by atoms with Crippen LogP contribution in [0.2, 0.25) is 0 Å². The number of terminal acetylenes is 1. The molecule has 0 aliphatic heterocycles. The van der Waals surface area contributed by atoms with E-state index in [0.717, 1.165) is 23.5 Å².